The fourth-order valence-corrected chi connectivity index (χ4v) is 1.28. The summed E-state index contributed by atoms with van der Waals surface area (Å²) in [6, 6.07) is 0. The number of hydrogen-bond acceptors (Lipinski definition) is 1. The maximum atomic E-state index is 5.69. The second-order valence-corrected chi connectivity index (χ2v) is 2.60. The third-order valence-corrected chi connectivity index (χ3v) is 2.38. The zero-order valence-corrected chi connectivity index (χ0v) is 5.72. The third-order valence-electron chi connectivity index (χ3n) is 2.38. The van der Waals surface area contributed by atoms with Crippen LogP contribution in [0.2, 0.25) is 0 Å². The molecule has 1 rings (SSSR count). The van der Waals surface area contributed by atoms with Crippen molar-refractivity contribution in [3.8, 4) is 0 Å². The van der Waals surface area contributed by atoms with Crippen molar-refractivity contribution in [1.29, 1.82) is 0 Å². The van der Waals surface area contributed by atoms with Crippen LogP contribution in [0.1, 0.15) is 13.8 Å². The lowest BCUT2D eigenvalue weighted by Crippen LogP contribution is -2.31. The van der Waals surface area contributed by atoms with Gasteiger partial charge in [-0.2, -0.15) is 0 Å². The van der Waals surface area contributed by atoms with Crippen LogP contribution in [-0.4, -0.2) is 30.3 Å². The molecule has 0 amide bonds. The van der Waals surface area contributed by atoms with Crippen LogP contribution in [0, 0.1) is 0 Å². The minimum Gasteiger partial charge on any atom is -0.298 e. The van der Waals surface area contributed by atoms with Gasteiger partial charge >= 0.3 is 0 Å². The molecule has 0 saturated carbocycles. The molecule has 8 heavy (non-hydrogen) atoms. The highest BCUT2D eigenvalue weighted by Crippen LogP contribution is 2.24. The summed E-state index contributed by atoms with van der Waals surface area (Å²) in [4.78, 5) is 0. The molecule has 1 saturated heterocycles. The molecule has 1 aliphatic rings. The Morgan fingerprint density at radius 1 is 1.50 bits per heavy atom. The van der Waals surface area contributed by atoms with Crippen LogP contribution in [0.5, 0.6) is 0 Å². The quantitative estimate of drug-likeness (QED) is 0.402. The predicted molar refractivity (Wildman–Crippen MR) is 34.2 cm³/mol. The van der Waals surface area contributed by atoms with Crippen LogP contribution in [-0.2, 0) is 0 Å². The Labute approximate surface area is 50.9 Å². The fourth-order valence-electron chi connectivity index (χ4n) is 1.28. The van der Waals surface area contributed by atoms with Gasteiger partial charge in [0, 0.05) is 0 Å². The van der Waals surface area contributed by atoms with Gasteiger partial charge in [0.2, 0.25) is 0 Å². The lowest BCUT2D eigenvalue weighted by Gasteiger charge is -2.13. The summed E-state index contributed by atoms with van der Waals surface area (Å²) in [7, 11) is 0. The molecule has 0 aromatic heterocycles. The maximum absolute atomic E-state index is 5.69. The Balaban J connectivity index is 2.39. The van der Waals surface area contributed by atoms with E-state index in [1.54, 1.807) is 0 Å². The summed E-state index contributed by atoms with van der Waals surface area (Å²) >= 11 is 0. The van der Waals surface area contributed by atoms with Crippen molar-refractivity contribution in [3.05, 3.63) is 0 Å². The van der Waals surface area contributed by atoms with Crippen molar-refractivity contribution >= 4 is 0 Å². The zero-order valence-electron chi connectivity index (χ0n) is 5.72. The van der Waals surface area contributed by atoms with Gasteiger partial charge in [-0.1, -0.05) is 0 Å². The molecule has 0 aliphatic carbocycles. The zero-order chi connectivity index (χ0) is 6.20. The van der Waals surface area contributed by atoms with Crippen molar-refractivity contribution < 1.29 is 4.48 Å². The van der Waals surface area contributed by atoms with Gasteiger partial charge in [0.15, 0.2) is 6.17 Å². The summed E-state index contributed by atoms with van der Waals surface area (Å²) in [6.45, 7) is 8.02. The Bertz CT molecular complexity index is 81.0. The van der Waals surface area contributed by atoms with Crippen LogP contribution in [0.3, 0.4) is 0 Å². The number of hydrogen-bond donors (Lipinski definition) is 1. The van der Waals surface area contributed by atoms with E-state index in [0.717, 1.165) is 4.48 Å². The molecule has 0 aromatic carbocycles. The van der Waals surface area contributed by atoms with Gasteiger partial charge < -0.3 is 0 Å². The van der Waals surface area contributed by atoms with Gasteiger partial charge in [0.1, 0.15) is 6.54 Å². The van der Waals surface area contributed by atoms with Gasteiger partial charge in [0.05, 0.1) is 13.1 Å². The Kier molecular flexibility index (Phi) is 1.29. The molecule has 2 heteroatoms. The maximum Gasteiger partial charge on any atom is 0.190 e. The summed E-state index contributed by atoms with van der Waals surface area (Å²) in [6.07, 6.45) is 0.463. The molecule has 1 unspecified atom stereocenters. The van der Waals surface area contributed by atoms with Crippen molar-refractivity contribution in [2.24, 2.45) is 5.73 Å². The number of nitrogens with zero attached hydrogens (tertiary/aromatic N) is 1. The van der Waals surface area contributed by atoms with Gasteiger partial charge in [-0.3, -0.25) is 10.2 Å². The first-order valence-corrected chi connectivity index (χ1v) is 3.36. The number of likely N-dealkylation sites (N-methyl/N-ethyl adjacent to an activating group) is 1. The van der Waals surface area contributed by atoms with E-state index in [9.17, 15) is 0 Å². The minimum absolute atomic E-state index is 0.463. The molecule has 0 bridgehead atoms. The second-order valence-electron chi connectivity index (χ2n) is 2.60. The van der Waals surface area contributed by atoms with E-state index >= 15 is 0 Å². The SMILES string of the molecule is CC[N+]1(CC)CC1N. The first-order chi connectivity index (χ1) is 3.75. The number of quaternary nitrogens is 1. The topological polar surface area (TPSA) is 26.0 Å². The fraction of sp³-hybridized carbons (Fsp3) is 1.00. The highest BCUT2D eigenvalue weighted by molar-refractivity contribution is 4.64. The van der Waals surface area contributed by atoms with Gasteiger partial charge in [-0.25, -0.2) is 0 Å². The van der Waals surface area contributed by atoms with E-state index in [0.29, 0.717) is 6.17 Å². The first-order valence-electron chi connectivity index (χ1n) is 3.36. The van der Waals surface area contributed by atoms with Crippen molar-refractivity contribution in [3.63, 3.8) is 0 Å². The largest absolute Gasteiger partial charge is 0.298 e. The summed E-state index contributed by atoms with van der Waals surface area (Å²) < 4.78 is 1.15. The van der Waals surface area contributed by atoms with Crippen molar-refractivity contribution in [2.75, 3.05) is 19.6 Å². The van der Waals surface area contributed by atoms with Crippen molar-refractivity contribution in [1.82, 2.24) is 0 Å². The molecule has 0 spiro atoms. The molecule has 0 radical (unpaired) electrons. The highest BCUT2D eigenvalue weighted by Gasteiger charge is 2.49. The van der Waals surface area contributed by atoms with Crippen molar-refractivity contribution in [2.45, 2.75) is 20.0 Å². The van der Waals surface area contributed by atoms with Crippen LogP contribution in [0.15, 0.2) is 0 Å². The van der Waals surface area contributed by atoms with E-state index in [-0.39, 0.29) is 0 Å². The second kappa shape index (κ2) is 1.71. The predicted octanol–water partition coefficient (Wildman–Crippen LogP) is 0.141. The Hall–Kier alpha value is -0.0800. The first kappa shape index (κ1) is 6.05. The highest BCUT2D eigenvalue weighted by atomic mass is 15.5. The van der Waals surface area contributed by atoms with Gasteiger partial charge in [0.25, 0.3) is 0 Å². The van der Waals surface area contributed by atoms with E-state index in [2.05, 4.69) is 13.8 Å². The molecule has 1 atom stereocenters. The van der Waals surface area contributed by atoms with Crippen LogP contribution < -0.4 is 5.73 Å². The average molecular weight is 115 g/mol. The standard InChI is InChI=1S/C6H15N2/c1-3-8(4-2)5-6(8)7/h6H,3-5,7H2,1-2H3/q+1. The lowest BCUT2D eigenvalue weighted by atomic mass is 10.5. The van der Waals surface area contributed by atoms with E-state index < -0.39 is 0 Å². The van der Waals surface area contributed by atoms with E-state index in [1.165, 1.54) is 19.6 Å². The number of rotatable bonds is 2. The summed E-state index contributed by atoms with van der Waals surface area (Å²) in [5.74, 6) is 0. The van der Waals surface area contributed by atoms with E-state index in [1.807, 2.05) is 0 Å². The molecule has 1 fully saturated rings. The molecule has 0 aromatic rings. The Morgan fingerprint density at radius 3 is 1.88 bits per heavy atom. The molecular formula is C6H15N2+. The third kappa shape index (κ3) is 0.644. The summed E-state index contributed by atoms with van der Waals surface area (Å²) in [5.41, 5.74) is 5.69. The van der Waals surface area contributed by atoms with Crippen LogP contribution >= 0.6 is 0 Å². The van der Waals surface area contributed by atoms with Crippen LogP contribution in [0.25, 0.3) is 0 Å². The van der Waals surface area contributed by atoms with Gasteiger partial charge in [-0.05, 0) is 13.8 Å². The van der Waals surface area contributed by atoms with Gasteiger partial charge in [-0.15, -0.1) is 0 Å². The number of nitrogens with two attached hydrogens (primary N) is 1. The Morgan fingerprint density at radius 2 is 1.88 bits per heavy atom. The average Bonchev–Trinajstić information content (AvgIpc) is 2.43. The molecule has 48 valence electrons. The van der Waals surface area contributed by atoms with E-state index in [4.69, 9.17) is 5.73 Å². The minimum atomic E-state index is 0.463. The molecule has 1 aliphatic heterocycles. The normalized spacial score (nSPS) is 32.6. The lowest BCUT2D eigenvalue weighted by molar-refractivity contribution is -0.809. The monoisotopic (exact) mass is 115 g/mol. The molecule has 1 heterocycles. The molecule has 2 N–H and O–H groups in total. The molecular weight excluding hydrogens is 100 g/mol. The molecule has 2 nitrogen and oxygen atoms in total. The smallest absolute Gasteiger partial charge is 0.190 e. The van der Waals surface area contributed by atoms with Crippen LogP contribution in [0.4, 0.5) is 0 Å². The summed E-state index contributed by atoms with van der Waals surface area (Å²) in [5, 5.41) is 0.